The molecular formula is C43H54N8O7S. The second kappa shape index (κ2) is 24.1. The van der Waals surface area contributed by atoms with Gasteiger partial charge in [0.25, 0.3) is 11.8 Å². The fraction of sp³-hybridized carbons (Fsp3) is 0.395. The van der Waals surface area contributed by atoms with E-state index >= 15 is 0 Å². The minimum Gasteiger partial charge on any atom is -0.385 e. The number of hydrogen-bond acceptors (Lipinski definition) is 12. The second-order valence-corrected chi connectivity index (χ2v) is 15.4. The molecule has 1 heterocycles. The lowest BCUT2D eigenvalue weighted by atomic mass is 10.0. The van der Waals surface area contributed by atoms with Crippen LogP contribution in [0.4, 0.5) is 11.4 Å². The highest BCUT2D eigenvalue weighted by molar-refractivity contribution is 8.00. The van der Waals surface area contributed by atoms with Gasteiger partial charge in [0.1, 0.15) is 6.04 Å². The Balaban J connectivity index is 1.03. The zero-order valence-electron chi connectivity index (χ0n) is 33.7. The number of hydroxylamine groups is 1. The van der Waals surface area contributed by atoms with Gasteiger partial charge in [0.15, 0.2) is 0 Å². The number of thioether (sulfide) groups is 1. The van der Waals surface area contributed by atoms with Crippen LogP contribution >= 0.6 is 11.8 Å². The number of unbranched alkanes of at least 4 members (excludes halogenated alkanes) is 7. The summed E-state index contributed by atoms with van der Waals surface area (Å²) in [6, 6.07) is 18.8. The summed E-state index contributed by atoms with van der Waals surface area (Å²) < 4.78 is 0. The van der Waals surface area contributed by atoms with Crippen molar-refractivity contribution in [3.63, 3.8) is 0 Å². The molecular weight excluding hydrogens is 773 g/mol. The van der Waals surface area contributed by atoms with E-state index in [1.807, 2.05) is 37.4 Å². The molecule has 1 aliphatic heterocycles. The summed E-state index contributed by atoms with van der Waals surface area (Å²) in [7, 11) is 1.83. The van der Waals surface area contributed by atoms with Gasteiger partial charge in [0.2, 0.25) is 24.1 Å². The Labute approximate surface area is 349 Å². The molecule has 1 fully saturated rings. The molecule has 314 valence electrons. The number of nitrogens with zero attached hydrogens (tertiary/aromatic N) is 4. The van der Waals surface area contributed by atoms with Gasteiger partial charge in [-0.2, -0.15) is 5.10 Å². The molecule has 0 radical (unpaired) electrons. The number of nitrogens with one attached hydrogen (secondary N) is 3. The molecule has 15 nitrogen and oxygen atoms in total. The zero-order chi connectivity index (χ0) is 42.6. The number of aliphatic imine (C=N–C) groups is 1. The van der Waals surface area contributed by atoms with Gasteiger partial charge in [-0.05, 0) is 85.8 Å². The number of carbonyl (C=O) groups is 6. The molecule has 1 saturated heterocycles. The van der Waals surface area contributed by atoms with Crippen LogP contribution in [0.3, 0.4) is 0 Å². The highest BCUT2D eigenvalue weighted by Gasteiger charge is 2.35. The molecule has 3 aromatic carbocycles. The maximum atomic E-state index is 13.1. The van der Waals surface area contributed by atoms with Crippen LogP contribution in [0, 0.1) is 6.92 Å². The minimum atomic E-state index is -1.00. The van der Waals surface area contributed by atoms with E-state index in [-0.39, 0.29) is 24.3 Å². The third-order valence-electron chi connectivity index (χ3n) is 9.89. The van der Waals surface area contributed by atoms with Crippen LogP contribution in [0.25, 0.3) is 0 Å². The third-order valence-corrected chi connectivity index (χ3v) is 10.9. The molecule has 0 aliphatic carbocycles. The zero-order valence-corrected chi connectivity index (χ0v) is 34.5. The number of benzene rings is 3. The molecule has 59 heavy (non-hydrogen) atoms. The summed E-state index contributed by atoms with van der Waals surface area (Å²) in [5.41, 5.74) is 5.88. The molecule has 3 aromatic rings. The van der Waals surface area contributed by atoms with E-state index in [0.29, 0.717) is 47.7 Å². The quantitative estimate of drug-likeness (QED) is 0.0111. The lowest BCUT2D eigenvalue weighted by molar-refractivity contribution is -0.139. The number of aryl methyl sites for hydroxylation is 1. The number of nitrogens with two attached hydrogens (primary N) is 1. The summed E-state index contributed by atoms with van der Waals surface area (Å²) in [5.74, 6) is 3.94. The Morgan fingerprint density at radius 3 is 2.34 bits per heavy atom. The predicted molar refractivity (Wildman–Crippen MR) is 229 cm³/mol. The van der Waals surface area contributed by atoms with Crippen LogP contribution in [0.2, 0.25) is 0 Å². The highest BCUT2D eigenvalue weighted by atomic mass is 32.2. The molecule has 1 unspecified atom stereocenters. The smallest absolute Gasteiger partial charge is 0.274 e. The molecule has 6 N–H and O–H groups in total. The number of hydrogen-bond donors (Lipinski definition) is 5. The molecule has 0 saturated carbocycles. The van der Waals surface area contributed by atoms with Crippen molar-refractivity contribution in [2.75, 3.05) is 24.7 Å². The molecule has 1 atom stereocenters. The van der Waals surface area contributed by atoms with E-state index in [2.05, 4.69) is 20.7 Å². The molecule has 0 spiro atoms. The van der Waals surface area contributed by atoms with E-state index in [4.69, 9.17) is 11.0 Å². The monoisotopic (exact) mass is 826 g/mol. The van der Waals surface area contributed by atoms with Gasteiger partial charge in [0, 0.05) is 60.4 Å². The van der Waals surface area contributed by atoms with Gasteiger partial charge in [-0.25, -0.2) is 5.48 Å². The first-order chi connectivity index (χ1) is 28.5. The van der Waals surface area contributed by atoms with Crippen molar-refractivity contribution < 1.29 is 34.0 Å². The fourth-order valence-corrected chi connectivity index (χ4v) is 7.30. The van der Waals surface area contributed by atoms with E-state index in [0.717, 1.165) is 79.0 Å². The van der Waals surface area contributed by atoms with Crippen LogP contribution in [-0.2, 0) is 25.7 Å². The van der Waals surface area contributed by atoms with Crippen LogP contribution < -0.4 is 22.0 Å². The van der Waals surface area contributed by atoms with Gasteiger partial charge < -0.3 is 16.1 Å². The summed E-state index contributed by atoms with van der Waals surface area (Å²) in [5, 5.41) is 18.2. The number of anilines is 1. The fourth-order valence-electron chi connectivity index (χ4n) is 6.51. The maximum absolute atomic E-state index is 13.1. The highest BCUT2D eigenvalue weighted by Crippen LogP contribution is 2.22. The Morgan fingerprint density at radius 2 is 1.68 bits per heavy atom. The van der Waals surface area contributed by atoms with Crippen LogP contribution in [0.1, 0.15) is 102 Å². The summed E-state index contributed by atoms with van der Waals surface area (Å²) in [6.07, 6.45) is 11.1. The largest absolute Gasteiger partial charge is 0.385 e. The Hall–Kier alpha value is -5.87. The molecule has 0 aromatic heterocycles. The Bertz CT molecular complexity index is 1990. The molecule has 4 rings (SSSR count). The topological polar surface area (TPSA) is 216 Å². The number of rotatable bonds is 23. The van der Waals surface area contributed by atoms with Crippen LogP contribution in [0.5, 0.6) is 0 Å². The molecule has 0 bridgehead atoms. The van der Waals surface area contributed by atoms with Crippen molar-refractivity contribution >= 4 is 71.0 Å². The van der Waals surface area contributed by atoms with Crippen LogP contribution in [-0.4, -0.2) is 88.3 Å². The number of carbonyl (C=O) groups excluding carboxylic acids is 6. The Kier molecular flexibility index (Phi) is 18.8. The lowest BCUT2D eigenvalue weighted by Gasteiger charge is -2.28. The van der Waals surface area contributed by atoms with Gasteiger partial charge in [0.05, 0.1) is 17.6 Å². The maximum Gasteiger partial charge on any atom is 0.274 e. The number of piperidine rings is 1. The van der Waals surface area contributed by atoms with E-state index in [1.54, 1.807) is 71.7 Å². The third kappa shape index (κ3) is 14.8. The number of imide groups is 2. The summed E-state index contributed by atoms with van der Waals surface area (Å²) in [4.78, 5) is 80.9. The van der Waals surface area contributed by atoms with Crippen molar-refractivity contribution in [3.05, 3.63) is 89.0 Å². The standard InChI is InChI=1S/C43H54N8O7S/c1-30-24-34(17-20-37(30)43(57)51(29-52)38-21-22-39(53)47-42(38)56)45-23-10-8-6-4-3-5-7-9-14-40(54)50(2)27-31-15-18-36(19-16-31)59-28-35(48-44)26-46-33-13-11-12-32(25-33)41(55)49-58/h11-13,15-20,24-26,29,38,45,58H,3-10,14,21-23,27-28,44H2,1-2H3,(H,49,55)(H,47,53,56)/b46-26?,48-35+. The number of amides is 6. The van der Waals surface area contributed by atoms with Crippen molar-refractivity contribution in [2.45, 2.75) is 95.0 Å². The second-order valence-electron chi connectivity index (χ2n) is 14.4. The van der Waals surface area contributed by atoms with E-state index in [9.17, 15) is 28.8 Å². The molecule has 16 heteroatoms. The average Bonchev–Trinajstić information content (AvgIpc) is 3.24. The minimum absolute atomic E-state index is 0.0732. The van der Waals surface area contributed by atoms with Crippen molar-refractivity contribution in [1.82, 2.24) is 20.6 Å². The Morgan fingerprint density at radius 1 is 0.966 bits per heavy atom. The van der Waals surface area contributed by atoms with E-state index in [1.165, 1.54) is 0 Å². The van der Waals surface area contributed by atoms with Gasteiger partial charge in [-0.1, -0.05) is 56.7 Å². The molecule has 1 aliphatic rings. The SMILES string of the molecule is Cc1cc(NCCCCCCCCCCC(=O)N(C)Cc2ccc(SC/C(C=Nc3cccc(C(=O)NO)c3)=N/N)cc2)ccc1C(=O)N(C=O)C1CCC(=O)NC1=O. The number of hydrazone groups is 1. The first-order valence-electron chi connectivity index (χ1n) is 19.8. The average molecular weight is 827 g/mol. The first kappa shape index (κ1) is 45.8. The molecule has 6 amide bonds. The predicted octanol–water partition coefficient (Wildman–Crippen LogP) is 5.91. The van der Waals surface area contributed by atoms with Gasteiger partial charge >= 0.3 is 0 Å². The van der Waals surface area contributed by atoms with Gasteiger partial charge in [-0.3, -0.25) is 49.2 Å². The summed E-state index contributed by atoms with van der Waals surface area (Å²) in [6.45, 7) is 3.11. The normalized spacial score (nSPS) is 14.2. The van der Waals surface area contributed by atoms with E-state index < -0.39 is 29.7 Å². The van der Waals surface area contributed by atoms with Crippen LogP contribution in [0.15, 0.2) is 81.7 Å². The summed E-state index contributed by atoms with van der Waals surface area (Å²) >= 11 is 1.55. The van der Waals surface area contributed by atoms with Crippen molar-refractivity contribution in [3.8, 4) is 0 Å². The lowest BCUT2D eigenvalue weighted by Crippen LogP contribution is -2.53. The van der Waals surface area contributed by atoms with Gasteiger partial charge in [-0.15, -0.1) is 11.8 Å². The van der Waals surface area contributed by atoms with Crippen molar-refractivity contribution in [2.24, 2.45) is 15.9 Å². The first-order valence-corrected chi connectivity index (χ1v) is 20.8. The van der Waals surface area contributed by atoms with Crippen molar-refractivity contribution in [1.29, 1.82) is 0 Å².